The summed E-state index contributed by atoms with van der Waals surface area (Å²) in [5.74, 6) is 0.0359. The minimum absolute atomic E-state index is 0.0359. The van der Waals surface area contributed by atoms with Crippen molar-refractivity contribution in [3.63, 3.8) is 0 Å². The van der Waals surface area contributed by atoms with Crippen LogP contribution in [0.4, 0.5) is 0 Å². The predicted octanol–water partition coefficient (Wildman–Crippen LogP) is 5.43. The van der Waals surface area contributed by atoms with Crippen molar-refractivity contribution in [2.24, 2.45) is 0 Å². The summed E-state index contributed by atoms with van der Waals surface area (Å²) in [4.78, 5) is 12.3. The van der Waals surface area contributed by atoms with Crippen LogP contribution in [0.2, 0.25) is 0 Å². The minimum Gasteiger partial charge on any atom is -0.280 e. The standard InChI is InChI=1S/C21H17NO/c1-14-6-5-9-20-19(14)13-21(22(20)15(2)23)18-11-10-16-7-3-4-8-17(16)12-18/h3-13H,1-2H3. The molecule has 0 amide bonds. The average molecular weight is 299 g/mol. The van der Waals surface area contributed by atoms with Crippen molar-refractivity contribution in [2.45, 2.75) is 13.8 Å². The molecule has 0 aliphatic heterocycles. The molecule has 0 saturated carbocycles. The summed E-state index contributed by atoms with van der Waals surface area (Å²) in [6.07, 6.45) is 0. The molecule has 0 atom stereocenters. The van der Waals surface area contributed by atoms with Crippen LogP contribution in [0.5, 0.6) is 0 Å². The van der Waals surface area contributed by atoms with Crippen molar-refractivity contribution in [1.82, 2.24) is 4.57 Å². The lowest BCUT2D eigenvalue weighted by Crippen LogP contribution is -2.06. The number of fused-ring (bicyclic) bond motifs is 2. The molecule has 0 aliphatic rings. The third-order valence-electron chi connectivity index (χ3n) is 4.42. The highest BCUT2D eigenvalue weighted by atomic mass is 16.1. The molecule has 0 fully saturated rings. The van der Waals surface area contributed by atoms with E-state index in [0.29, 0.717) is 0 Å². The molecule has 0 bridgehead atoms. The Labute approximate surface area is 135 Å². The summed E-state index contributed by atoms with van der Waals surface area (Å²) in [7, 11) is 0. The van der Waals surface area contributed by atoms with Gasteiger partial charge in [-0.05, 0) is 47.0 Å². The number of carbonyl (C=O) groups excluding carboxylic acids is 1. The van der Waals surface area contributed by atoms with Gasteiger partial charge in [0.1, 0.15) is 0 Å². The normalized spacial score (nSPS) is 11.2. The molecular weight excluding hydrogens is 282 g/mol. The zero-order valence-corrected chi connectivity index (χ0v) is 13.2. The summed E-state index contributed by atoms with van der Waals surface area (Å²) < 4.78 is 1.81. The minimum atomic E-state index is 0.0359. The van der Waals surface area contributed by atoms with Crippen LogP contribution in [0, 0.1) is 6.92 Å². The summed E-state index contributed by atoms with van der Waals surface area (Å²) in [5.41, 5.74) is 4.17. The number of benzene rings is 3. The van der Waals surface area contributed by atoms with Gasteiger partial charge < -0.3 is 0 Å². The molecule has 0 saturated heterocycles. The van der Waals surface area contributed by atoms with E-state index in [-0.39, 0.29) is 5.91 Å². The Hall–Kier alpha value is -2.87. The fourth-order valence-electron chi connectivity index (χ4n) is 3.28. The van der Waals surface area contributed by atoms with Gasteiger partial charge >= 0.3 is 0 Å². The van der Waals surface area contributed by atoms with Gasteiger partial charge in [0.2, 0.25) is 5.91 Å². The van der Waals surface area contributed by atoms with E-state index in [4.69, 9.17) is 0 Å². The Morgan fingerprint density at radius 1 is 0.870 bits per heavy atom. The Balaban J connectivity index is 2.05. The van der Waals surface area contributed by atoms with Crippen LogP contribution in [0.15, 0.2) is 66.7 Å². The predicted molar refractivity (Wildman–Crippen MR) is 95.9 cm³/mol. The maximum absolute atomic E-state index is 12.3. The van der Waals surface area contributed by atoms with Crippen LogP contribution in [0.25, 0.3) is 32.9 Å². The molecule has 2 heteroatoms. The second-order valence-electron chi connectivity index (χ2n) is 5.95. The first kappa shape index (κ1) is 13.8. The van der Waals surface area contributed by atoms with Gasteiger partial charge in [-0.1, -0.05) is 48.5 Å². The third-order valence-corrected chi connectivity index (χ3v) is 4.42. The highest BCUT2D eigenvalue weighted by molar-refractivity contribution is 6.00. The van der Waals surface area contributed by atoms with Crippen LogP contribution in [0.3, 0.4) is 0 Å². The van der Waals surface area contributed by atoms with Gasteiger partial charge in [-0.2, -0.15) is 0 Å². The van der Waals surface area contributed by atoms with Gasteiger partial charge in [0, 0.05) is 12.3 Å². The van der Waals surface area contributed by atoms with Crippen LogP contribution < -0.4 is 0 Å². The fraction of sp³-hybridized carbons (Fsp3) is 0.0952. The smallest absolute Gasteiger partial charge is 0.228 e. The van der Waals surface area contributed by atoms with Gasteiger partial charge in [0.05, 0.1) is 11.2 Å². The molecule has 4 rings (SSSR count). The van der Waals surface area contributed by atoms with Gasteiger partial charge in [0.15, 0.2) is 0 Å². The Morgan fingerprint density at radius 3 is 2.43 bits per heavy atom. The van der Waals surface area contributed by atoms with Crippen LogP contribution in [-0.2, 0) is 0 Å². The van der Waals surface area contributed by atoms with E-state index in [9.17, 15) is 4.79 Å². The first-order valence-electron chi connectivity index (χ1n) is 7.76. The lowest BCUT2D eigenvalue weighted by Gasteiger charge is -2.08. The summed E-state index contributed by atoms with van der Waals surface area (Å²) in [6, 6.07) is 22.8. The van der Waals surface area contributed by atoms with E-state index in [0.717, 1.165) is 22.2 Å². The maximum atomic E-state index is 12.3. The van der Waals surface area contributed by atoms with Crippen LogP contribution >= 0.6 is 0 Å². The molecule has 0 spiro atoms. The summed E-state index contributed by atoms with van der Waals surface area (Å²) in [5, 5.41) is 3.52. The van der Waals surface area contributed by atoms with Crippen molar-refractivity contribution in [3.05, 3.63) is 72.3 Å². The highest BCUT2D eigenvalue weighted by Crippen LogP contribution is 2.31. The first-order chi connectivity index (χ1) is 11.1. The van der Waals surface area contributed by atoms with E-state index >= 15 is 0 Å². The SMILES string of the molecule is CC(=O)n1c(-c2ccc3ccccc3c2)cc2c(C)cccc21. The molecule has 23 heavy (non-hydrogen) atoms. The van der Waals surface area contributed by atoms with Crippen LogP contribution in [-0.4, -0.2) is 10.5 Å². The number of aromatic nitrogens is 1. The topological polar surface area (TPSA) is 22.0 Å². The number of hydrogen-bond donors (Lipinski definition) is 0. The van der Waals surface area contributed by atoms with E-state index in [1.54, 1.807) is 6.92 Å². The molecule has 0 unspecified atom stereocenters. The highest BCUT2D eigenvalue weighted by Gasteiger charge is 2.15. The van der Waals surface area contributed by atoms with Crippen LogP contribution in [0.1, 0.15) is 17.3 Å². The molecule has 2 nitrogen and oxygen atoms in total. The van der Waals surface area contributed by atoms with Crippen molar-refractivity contribution in [2.75, 3.05) is 0 Å². The van der Waals surface area contributed by atoms with Gasteiger partial charge in [-0.15, -0.1) is 0 Å². The number of rotatable bonds is 1. The molecule has 0 aliphatic carbocycles. The van der Waals surface area contributed by atoms with E-state index in [2.05, 4.69) is 49.4 Å². The van der Waals surface area contributed by atoms with Crippen molar-refractivity contribution < 1.29 is 4.79 Å². The largest absolute Gasteiger partial charge is 0.280 e. The lowest BCUT2D eigenvalue weighted by atomic mass is 10.0. The Kier molecular flexibility index (Phi) is 3.05. The number of nitrogens with zero attached hydrogens (tertiary/aromatic N) is 1. The third kappa shape index (κ3) is 2.15. The second kappa shape index (κ2) is 5.10. The molecule has 3 aromatic carbocycles. The fourth-order valence-corrected chi connectivity index (χ4v) is 3.28. The van der Waals surface area contributed by atoms with Crippen molar-refractivity contribution >= 4 is 27.6 Å². The molecule has 1 heterocycles. The molecule has 112 valence electrons. The molecular formula is C21H17NO. The molecule has 4 aromatic rings. The summed E-state index contributed by atoms with van der Waals surface area (Å²) in [6.45, 7) is 3.70. The van der Waals surface area contributed by atoms with E-state index in [1.807, 2.05) is 28.8 Å². The zero-order valence-electron chi connectivity index (χ0n) is 13.2. The second-order valence-corrected chi connectivity index (χ2v) is 5.95. The first-order valence-corrected chi connectivity index (χ1v) is 7.76. The van der Waals surface area contributed by atoms with Gasteiger partial charge in [-0.25, -0.2) is 0 Å². The van der Waals surface area contributed by atoms with Gasteiger partial charge in [0.25, 0.3) is 0 Å². The van der Waals surface area contributed by atoms with Crippen molar-refractivity contribution in [1.29, 1.82) is 0 Å². The molecule has 1 aromatic heterocycles. The number of aryl methyl sites for hydroxylation is 1. The van der Waals surface area contributed by atoms with Crippen molar-refractivity contribution in [3.8, 4) is 11.3 Å². The Morgan fingerprint density at radius 2 is 1.65 bits per heavy atom. The monoisotopic (exact) mass is 299 g/mol. The summed E-state index contributed by atoms with van der Waals surface area (Å²) >= 11 is 0. The molecule has 0 N–H and O–H groups in total. The lowest BCUT2D eigenvalue weighted by molar-refractivity contribution is 0.0943. The molecule has 0 radical (unpaired) electrons. The maximum Gasteiger partial charge on any atom is 0.228 e. The average Bonchev–Trinajstić information content (AvgIpc) is 2.95. The van der Waals surface area contributed by atoms with E-state index < -0.39 is 0 Å². The zero-order chi connectivity index (χ0) is 16.0. The van der Waals surface area contributed by atoms with E-state index in [1.165, 1.54) is 16.3 Å². The quantitative estimate of drug-likeness (QED) is 0.459. The Bertz CT molecular complexity index is 1060. The number of carbonyl (C=O) groups is 1. The van der Waals surface area contributed by atoms with Gasteiger partial charge in [-0.3, -0.25) is 9.36 Å². The number of hydrogen-bond acceptors (Lipinski definition) is 1.